The second-order valence-corrected chi connectivity index (χ2v) is 7.95. The summed E-state index contributed by atoms with van der Waals surface area (Å²) in [4.78, 5) is 28.7. The van der Waals surface area contributed by atoms with Crippen LogP contribution in [0.15, 0.2) is 90.1 Å². The predicted octanol–water partition coefficient (Wildman–Crippen LogP) is 4.92. The number of nitrogens with one attached hydrogen (secondary N) is 2. The molecule has 1 amide bonds. The van der Waals surface area contributed by atoms with Crippen molar-refractivity contribution < 1.29 is 14.1 Å². The lowest BCUT2D eigenvalue weighted by Crippen LogP contribution is -2.31. The normalized spacial score (nSPS) is 14.7. The fraction of sp³-hybridized carbons (Fsp3) is 0.0800. The van der Waals surface area contributed by atoms with Gasteiger partial charge >= 0.3 is 0 Å². The molecule has 0 bridgehead atoms. The van der Waals surface area contributed by atoms with Crippen LogP contribution in [0.2, 0.25) is 0 Å². The topological polar surface area (TPSA) is 115 Å². The summed E-state index contributed by atoms with van der Waals surface area (Å²) in [6.07, 6.45) is 0. The smallest absolute Gasteiger partial charge is 0.269 e. The molecule has 5 rings (SSSR count). The van der Waals surface area contributed by atoms with Gasteiger partial charge in [0.2, 0.25) is 5.95 Å². The number of non-ortho nitro benzene ring substituents is 1. The number of allylic oxidation sites excluding steroid dienone is 1. The number of halogens is 1. The summed E-state index contributed by atoms with van der Waals surface area (Å²) in [5, 5.41) is 21.8. The van der Waals surface area contributed by atoms with Gasteiger partial charge in [-0.2, -0.15) is 4.98 Å². The summed E-state index contributed by atoms with van der Waals surface area (Å²) >= 11 is 0. The van der Waals surface area contributed by atoms with Crippen molar-refractivity contribution in [3.8, 4) is 11.4 Å². The molecule has 174 valence electrons. The zero-order valence-electron chi connectivity index (χ0n) is 18.5. The highest BCUT2D eigenvalue weighted by Gasteiger charge is 2.34. The van der Waals surface area contributed by atoms with E-state index < -0.39 is 11.0 Å². The number of para-hydroxylation sites is 1. The highest BCUT2D eigenvalue weighted by Crippen LogP contribution is 2.37. The minimum absolute atomic E-state index is 0.0653. The number of nitro groups is 1. The number of aromatic nitrogens is 3. The van der Waals surface area contributed by atoms with Gasteiger partial charge in [0.25, 0.3) is 11.6 Å². The third-order valence-corrected chi connectivity index (χ3v) is 5.65. The van der Waals surface area contributed by atoms with Crippen LogP contribution in [-0.2, 0) is 4.79 Å². The number of carbonyl (C=O) groups is 1. The van der Waals surface area contributed by atoms with Crippen LogP contribution in [0.3, 0.4) is 0 Å². The first-order chi connectivity index (χ1) is 16.9. The molecule has 4 aromatic rings. The molecule has 0 saturated carbocycles. The molecule has 2 N–H and O–H groups in total. The van der Waals surface area contributed by atoms with Crippen molar-refractivity contribution in [2.45, 2.75) is 13.0 Å². The van der Waals surface area contributed by atoms with Gasteiger partial charge in [0, 0.05) is 29.1 Å². The molecule has 9 nitrogen and oxygen atoms in total. The predicted molar refractivity (Wildman–Crippen MR) is 128 cm³/mol. The molecule has 0 saturated heterocycles. The lowest BCUT2D eigenvalue weighted by Gasteiger charge is -2.28. The van der Waals surface area contributed by atoms with Gasteiger partial charge in [-0.05, 0) is 61.0 Å². The average Bonchev–Trinajstić information content (AvgIpc) is 3.27. The van der Waals surface area contributed by atoms with E-state index in [1.54, 1.807) is 48.0 Å². The zero-order chi connectivity index (χ0) is 24.5. The Morgan fingerprint density at radius 3 is 2.40 bits per heavy atom. The summed E-state index contributed by atoms with van der Waals surface area (Å²) in [6, 6.07) is 20.1. The fourth-order valence-corrected chi connectivity index (χ4v) is 3.97. The van der Waals surface area contributed by atoms with Gasteiger partial charge < -0.3 is 10.6 Å². The number of hydrogen-bond acceptors (Lipinski definition) is 6. The van der Waals surface area contributed by atoms with Crippen LogP contribution >= 0.6 is 0 Å². The van der Waals surface area contributed by atoms with E-state index in [2.05, 4.69) is 20.7 Å². The molecule has 10 heteroatoms. The minimum Gasteiger partial charge on any atom is -0.328 e. The van der Waals surface area contributed by atoms with E-state index in [1.807, 2.05) is 18.2 Å². The summed E-state index contributed by atoms with van der Waals surface area (Å²) in [5.41, 5.74) is 2.72. The third kappa shape index (κ3) is 4.24. The highest BCUT2D eigenvalue weighted by atomic mass is 19.1. The van der Waals surface area contributed by atoms with Crippen molar-refractivity contribution in [2.24, 2.45) is 0 Å². The van der Waals surface area contributed by atoms with Crippen molar-refractivity contribution in [1.82, 2.24) is 14.8 Å². The van der Waals surface area contributed by atoms with Gasteiger partial charge in [-0.25, -0.2) is 9.07 Å². The number of carbonyl (C=O) groups excluding carboxylic acids is 1. The molecular formula is C25H19FN6O3. The number of benzene rings is 3. The molecule has 1 aromatic heterocycles. The van der Waals surface area contributed by atoms with Crippen molar-refractivity contribution in [3.63, 3.8) is 0 Å². The molecule has 1 aliphatic heterocycles. The number of amides is 1. The molecule has 2 heterocycles. The van der Waals surface area contributed by atoms with Crippen molar-refractivity contribution in [3.05, 3.63) is 112 Å². The maximum atomic E-state index is 13.4. The van der Waals surface area contributed by atoms with Crippen LogP contribution in [-0.4, -0.2) is 25.6 Å². The second-order valence-electron chi connectivity index (χ2n) is 7.95. The Balaban J connectivity index is 1.60. The van der Waals surface area contributed by atoms with E-state index in [9.17, 15) is 19.3 Å². The second kappa shape index (κ2) is 8.82. The molecule has 1 unspecified atom stereocenters. The number of hydrogen-bond donors (Lipinski definition) is 2. The van der Waals surface area contributed by atoms with Crippen molar-refractivity contribution >= 4 is 23.2 Å². The first kappa shape index (κ1) is 22.0. The van der Waals surface area contributed by atoms with Crippen LogP contribution < -0.4 is 10.6 Å². The summed E-state index contributed by atoms with van der Waals surface area (Å²) in [5.74, 6) is 0.00406. The average molecular weight is 470 g/mol. The van der Waals surface area contributed by atoms with Gasteiger partial charge in [-0.1, -0.05) is 18.2 Å². The van der Waals surface area contributed by atoms with E-state index in [4.69, 9.17) is 0 Å². The number of nitrogens with zero attached hydrogens (tertiary/aromatic N) is 4. The zero-order valence-corrected chi connectivity index (χ0v) is 18.5. The van der Waals surface area contributed by atoms with Gasteiger partial charge in [0.15, 0.2) is 5.82 Å². The Kier molecular flexibility index (Phi) is 5.54. The monoisotopic (exact) mass is 470 g/mol. The molecule has 35 heavy (non-hydrogen) atoms. The Hall–Kier alpha value is -4.86. The van der Waals surface area contributed by atoms with Crippen LogP contribution in [0.5, 0.6) is 0 Å². The molecule has 1 atom stereocenters. The van der Waals surface area contributed by atoms with E-state index in [0.717, 1.165) is 0 Å². The first-order valence-corrected chi connectivity index (χ1v) is 10.7. The number of rotatable bonds is 5. The van der Waals surface area contributed by atoms with Gasteiger partial charge in [-0.15, -0.1) is 5.10 Å². The van der Waals surface area contributed by atoms with Crippen LogP contribution in [0, 0.1) is 15.9 Å². The molecule has 0 spiro atoms. The van der Waals surface area contributed by atoms with Crippen molar-refractivity contribution in [1.29, 1.82) is 0 Å². The molecule has 0 fully saturated rings. The number of fused-ring (bicyclic) bond motifs is 1. The van der Waals surface area contributed by atoms with E-state index in [-0.39, 0.29) is 17.4 Å². The van der Waals surface area contributed by atoms with Crippen molar-refractivity contribution in [2.75, 3.05) is 10.6 Å². The lowest BCUT2D eigenvalue weighted by molar-refractivity contribution is -0.384. The van der Waals surface area contributed by atoms with Crippen LogP contribution in [0.1, 0.15) is 18.5 Å². The van der Waals surface area contributed by atoms with Gasteiger partial charge in [-0.3, -0.25) is 14.9 Å². The molecule has 3 aromatic carbocycles. The Morgan fingerprint density at radius 1 is 1.06 bits per heavy atom. The van der Waals surface area contributed by atoms with Gasteiger partial charge in [0.1, 0.15) is 11.9 Å². The Labute approximate surface area is 199 Å². The standard InChI is InChI=1S/C25H19FN6O3/c1-15-21(24(33)28-19-5-3-2-4-6-19)22(16-9-13-20(14-10-16)32(34)35)31-25(27-15)29-23(30-31)17-7-11-18(26)12-8-17/h2-14,22H,1H3,(H,28,33)(H,27,29,30). The van der Waals surface area contributed by atoms with E-state index in [0.29, 0.717) is 39.9 Å². The van der Waals surface area contributed by atoms with Crippen LogP contribution in [0.25, 0.3) is 11.4 Å². The maximum Gasteiger partial charge on any atom is 0.269 e. The molecular weight excluding hydrogens is 451 g/mol. The molecule has 1 aliphatic rings. The minimum atomic E-state index is -0.711. The summed E-state index contributed by atoms with van der Waals surface area (Å²) in [6.45, 7) is 1.76. The Bertz CT molecular complexity index is 1450. The lowest BCUT2D eigenvalue weighted by atomic mass is 9.95. The largest absolute Gasteiger partial charge is 0.328 e. The number of anilines is 2. The molecule has 0 radical (unpaired) electrons. The fourth-order valence-electron chi connectivity index (χ4n) is 3.97. The van der Waals surface area contributed by atoms with E-state index >= 15 is 0 Å². The quantitative estimate of drug-likeness (QED) is 0.316. The molecule has 0 aliphatic carbocycles. The SMILES string of the molecule is CC1=C(C(=O)Nc2ccccc2)C(c2ccc([N+](=O)[O-])cc2)n2nc(-c3ccc(F)cc3)nc2N1. The number of nitro benzene ring substituents is 1. The van der Waals surface area contributed by atoms with Crippen LogP contribution in [0.4, 0.5) is 21.7 Å². The maximum absolute atomic E-state index is 13.4. The first-order valence-electron chi connectivity index (χ1n) is 10.7. The third-order valence-electron chi connectivity index (χ3n) is 5.65. The summed E-state index contributed by atoms with van der Waals surface area (Å²) < 4.78 is 15.0. The van der Waals surface area contributed by atoms with E-state index in [1.165, 1.54) is 24.3 Å². The van der Waals surface area contributed by atoms with Gasteiger partial charge in [0.05, 0.1) is 10.5 Å². The highest BCUT2D eigenvalue weighted by molar-refractivity contribution is 6.06. The Morgan fingerprint density at radius 2 is 1.74 bits per heavy atom. The summed E-state index contributed by atoms with van der Waals surface area (Å²) in [7, 11) is 0.